The van der Waals surface area contributed by atoms with E-state index in [-0.39, 0.29) is 22.0 Å². The topological polar surface area (TPSA) is 156 Å². The summed E-state index contributed by atoms with van der Waals surface area (Å²) in [6.07, 6.45) is 1.44. The van der Waals surface area contributed by atoms with Crippen molar-refractivity contribution in [1.29, 1.82) is 0 Å². The number of hydrogen-bond donors (Lipinski definition) is 6. The molecule has 3 aromatic carbocycles. The van der Waals surface area contributed by atoms with Gasteiger partial charge in [0, 0.05) is 35.6 Å². The van der Waals surface area contributed by atoms with Gasteiger partial charge < -0.3 is 25.8 Å². The van der Waals surface area contributed by atoms with Crippen LogP contribution in [0, 0.1) is 0 Å². The van der Waals surface area contributed by atoms with Crippen molar-refractivity contribution in [2.45, 2.75) is 17.4 Å². The fourth-order valence-corrected chi connectivity index (χ4v) is 5.40. The Bertz CT molecular complexity index is 1790. The normalized spacial score (nSPS) is 12.2. The molecule has 6 N–H and O–H groups in total. The van der Waals surface area contributed by atoms with Crippen LogP contribution in [0.15, 0.2) is 107 Å². The summed E-state index contributed by atoms with van der Waals surface area (Å²) in [6, 6.07) is 25.4. The van der Waals surface area contributed by atoms with E-state index in [1.165, 1.54) is 30.5 Å². The van der Waals surface area contributed by atoms with Crippen molar-refractivity contribution in [3.8, 4) is 5.75 Å². The highest BCUT2D eigenvalue weighted by molar-refractivity contribution is 7.92. The Morgan fingerprint density at radius 2 is 1.61 bits per heavy atom. The first-order valence-electron chi connectivity index (χ1n) is 12.9. The number of anilines is 3. The van der Waals surface area contributed by atoms with Gasteiger partial charge in [-0.2, -0.15) is 0 Å². The predicted molar refractivity (Wildman–Crippen MR) is 159 cm³/mol. The molecule has 1 atom stereocenters. The molecule has 0 aliphatic carbocycles. The summed E-state index contributed by atoms with van der Waals surface area (Å²) in [7, 11) is -3.74. The smallest absolute Gasteiger partial charge is 0.263 e. The van der Waals surface area contributed by atoms with E-state index < -0.39 is 16.1 Å². The average Bonchev–Trinajstić information content (AvgIpc) is 2.97. The number of aliphatic hydroxyl groups is 1. The maximum atomic E-state index is 12.6. The second-order valence-electron chi connectivity index (χ2n) is 9.42. The summed E-state index contributed by atoms with van der Waals surface area (Å²) in [5, 5.41) is 27.8. The van der Waals surface area contributed by atoms with Crippen LogP contribution in [0.25, 0.3) is 10.9 Å². The summed E-state index contributed by atoms with van der Waals surface area (Å²) < 4.78 is 27.6. The van der Waals surface area contributed by atoms with Crippen LogP contribution in [-0.2, 0) is 16.4 Å². The van der Waals surface area contributed by atoms with Crippen molar-refractivity contribution in [3.63, 3.8) is 0 Å². The molecule has 0 bridgehead atoms. The van der Waals surface area contributed by atoms with Crippen molar-refractivity contribution < 1.29 is 18.6 Å². The summed E-state index contributed by atoms with van der Waals surface area (Å²) in [6.45, 7) is 0.945. The molecule has 0 aliphatic rings. The molecule has 0 fully saturated rings. The predicted octanol–water partition coefficient (Wildman–Crippen LogP) is 4.04. The molecule has 0 saturated carbocycles. The summed E-state index contributed by atoms with van der Waals surface area (Å²) in [5.41, 5.74) is 3.31. The number of H-pyrrole nitrogens is 1. The van der Waals surface area contributed by atoms with Gasteiger partial charge in [0.15, 0.2) is 0 Å². The number of pyridine rings is 2. The number of phenols is 1. The molecule has 5 rings (SSSR count). The highest BCUT2D eigenvalue weighted by Gasteiger charge is 2.15. The molecule has 210 valence electrons. The van der Waals surface area contributed by atoms with Gasteiger partial charge in [0.2, 0.25) is 5.56 Å². The van der Waals surface area contributed by atoms with E-state index in [2.05, 4.69) is 25.3 Å². The number of nitrogens with one attached hydrogen (secondary N) is 4. The third-order valence-corrected chi connectivity index (χ3v) is 7.88. The maximum Gasteiger partial charge on any atom is 0.263 e. The first-order valence-corrected chi connectivity index (χ1v) is 14.4. The van der Waals surface area contributed by atoms with Crippen LogP contribution in [0.4, 0.5) is 17.2 Å². The Kier molecular flexibility index (Phi) is 8.29. The molecule has 0 saturated heterocycles. The van der Waals surface area contributed by atoms with Crippen LogP contribution in [0.2, 0.25) is 0 Å². The van der Waals surface area contributed by atoms with Gasteiger partial charge in [-0.3, -0.25) is 9.52 Å². The van der Waals surface area contributed by atoms with Gasteiger partial charge in [0.1, 0.15) is 11.6 Å². The lowest BCUT2D eigenvalue weighted by molar-refractivity contribution is 0.176. The van der Waals surface area contributed by atoms with Crippen LogP contribution >= 0.6 is 0 Å². The fraction of sp³-hybridized carbons (Fsp3) is 0.133. The van der Waals surface area contributed by atoms with Gasteiger partial charge in [-0.15, -0.1) is 0 Å². The lowest BCUT2D eigenvalue weighted by Gasteiger charge is -2.15. The number of rotatable bonds is 11. The number of phenolic OH excluding ortho intramolecular Hbond substituents is 1. The summed E-state index contributed by atoms with van der Waals surface area (Å²) in [5.74, 6) is 0.212. The minimum atomic E-state index is -3.74. The maximum absolute atomic E-state index is 12.6. The van der Waals surface area contributed by atoms with E-state index in [9.17, 15) is 23.4 Å². The molecule has 0 unspecified atom stereocenters. The highest BCUT2D eigenvalue weighted by Crippen LogP contribution is 2.28. The number of hydrogen-bond acceptors (Lipinski definition) is 8. The number of sulfonamides is 1. The van der Waals surface area contributed by atoms with E-state index in [1.54, 1.807) is 42.5 Å². The lowest BCUT2D eigenvalue weighted by Crippen LogP contribution is -2.24. The van der Waals surface area contributed by atoms with Crippen molar-refractivity contribution >= 4 is 38.1 Å². The molecular weight excluding hydrogens is 542 g/mol. The first-order chi connectivity index (χ1) is 19.8. The first kappa shape index (κ1) is 27.8. The van der Waals surface area contributed by atoms with E-state index in [0.717, 1.165) is 23.4 Å². The van der Waals surface area contributed by atoms with Crippen LogP contribution in [0.1, 0.15) is 17.2 Å². The SMILES string of the molecule is O=c1ccc2c([C@@H](O)CNCCc3ccc(Nc4ccc(S(=O)(=O)Nc5ccccn5)cc4)cc3)ccc(O)c2[nH]1. The van der Waals surface area contributed by atoms with Crippen LogP contribution < -0.4 is 20.9 Å². The minimum Gasteiger partial charge on any atom is -0.506 e. The molecule has 0 aliphatic heterocycles. The molecule has 10 nitrogen and oxygen atoms in total. The van der Waals surface area contributed by atoms with E-state index in [1.807, 2.05) is 24.3 Å². The largest absolute Gasteiger partial charge is 0.506 e. The second kappa shape index (κ2) is 12.2. The highest BCUT2D eigenvalue weighted by atomic mass is 32.2. The van der Waals surface area contributed by atoms with Crippen molar-refractivity contribution in [3.05, 3.63) is 119 Å². The Morgan fingerprint density at radius 1 is 0.878 bits per heavy atom. The summed E-state index contributed by atoms with van der Waals surface area (Å²) in [4.78, 5) is 18.3. The number of aromatic hydroxyl groups is 1. The van der Waals surface area contributed by atoms with Crippen molar-refractivity contribution in [1.82, 2.24) is 15.3 Å². The zero-order chi connectivity index (χ0) is 28.8. The van der Waals surface area contributed by atoms with Crippen LogP contribution in [-0.4, -0.2) is 41.7 Å². The molecule has 0 amide bonds. The number of aliphatic hydroxyl groups excluding tert-OH is 1. The second-order valence-corrected chi connectivity index (χ2v) is 11.1. The molecule has 11 heteroatoms. The van der Waals surface area contributed by atoms with Crippen molar-refractivity contribution in [2.75, 3.05) is 23.1 Å². The zero-order valence-electron chi connectivity index (χ0n) is 21.9. The molecule has 2 heterocycles. The number of fused-ring (bicyclic) bond motifs is 1. The third kappa shape index (κ3) is 6.90. The Morgan fingerprint density at radius 3 is 2.32 bits per heavy atom. The minimum absolute atomic E-state index is 0.0431. The standard InChI is InChI=1S/C30H29N5O5S/c36-26-14-12-24(25-13-15-29(38)34-30(25)26)27(37)19-31-18-16-20-4-6-21(7-5-20)33-22-8-10-23(11-9-22)41(39,40)35-28-3-1-2-17-32-28/h1-15,17,27,31,33,36-37H,16,18-19H2,(H,32,35)(H,34,38)/t27-/m0/s1. The number of benzene rings is 3. The van der Waals surface area contributed by atoms with Gasteiger partial charge >= 0.3 is 0 Å². The van der Waals surface area contributed by atoms with E-state index in [0.29, 0.717) is 29.6 Å². The molecule has 0 radical (unpaired) electrons. The summed E-state index contributed by atoms with van der Waals surface area (Å²) >= 11 is 0. The van der Waals surface area contributed by atoms with Gasteiger partial charge in [0.25, 0.3) is 10.0 Å². The van der Waals surface area contributed by atoms with Gasteiger partial charge in [-0.25, -0.2) is 13.4 Å². The fourth-order valence-electron chi connectivity index (χ4n) is 4.39. The third-order valence-electron chi connectivity index (χ3n) is 6.51. The van der Waals surface area contributed by atoms with Gasteiger partial charge in [-0.05, 0) is 84.8 Å². The van der Waals surface area contributed by atoms with Crippen LogP contribution in [0.5, 0.6) is 5.75 Å². The molecule has 41 heavy (non-hydrogen) atoms. The van der Waals surface area contributed by atoms with Gasteiger partial charge in [-0.1, -0.05) is 24.3 Å². The van der Waals surface area contributed by atoms with Crippen molar-refractivity contribution in [2.24, 2.45) is 0 Å². The Hall–Kier alpha value is -4.71. The number of aromatic nitrogens is 2. The Balaban J connectivity index is 1.11. The average molecular weight is 572 g/mol. The molecule has 0 spiro atoms. The van der Waals surface area contributed by atoms with Gasteiger partial charge in [0.05, 0.1) is 16.5 Å². The van der Waals surface area contributed by atoms with E-state index in [4.69, 9.17) is 0 Å². The quantitative estimate of drug-likeness (QED) is 0.130. The zero-order valence-corrected chi connectivity index (χ0v) is 22.7. The molecule has 2 aromatic heterocycles. The van der Waals surface area contributed by atoms with Crippen LogP contribution in [0.3, 0.4) is 0 Å². The molecule has 5 aromatic rings. The van der Waals surface area contributed by atoms with E-state index >= 15 is 0 Å². The molecular formula is C30H29N5O5S. The Labute approximate surface area is 236 Å². The number of nitrogens with zero attached hydrogens (tertiary/aromatic N) is 1. The monoisotopic (exact) mass is 571 g/mol. The lowest BCUT2D eigenvalue weighted by atomic mass is 10.0. The number of aromatic amines is 1.